The molecule has 2 aromatic carbocycles. The van der Waals surface area contributed by atoms with Gasteiger partial charge in [0.1, 0.15) is 17.7 Å². The van der Waals surface area contributed by atoms with Crippen LogP contribution in [0.5, 0.6) is 0 Å². The molecule has 2 N–H and O–H groups in total. The van der Waals surface area contributed by atoms with Gasteiger partial charge in [-0.15, -0.1) is 0 Å². The highest BCUT2D eigenvalue weighted by atomic mass is 35.5. The van der Waals surface area contributed by atoms with Crippen LogP contribution in [0.1, 0.15) is 96.4 Å². The molecule has 0 aliphatic carbocycles. The van der Waals surface area contributed by atoms with E-state index in [1.807, 2.05) is 57.2 Å². The molecule has 230 valence electrons. The summed E-state index contributed by atoms with van der Waals surface area (Å²) in [7, 11) is 0. The predicted molar refractivity (Wildman–Crippen MR) is 173 cm³/mol. The number of anilines is 1. The van der Waals surface area contributed by atoms with Gasteiger partial charge in [0, 0.05) is 6.54 Å². The Hall–Kier alpha value is -3.32. The summed E-state index contributed by atoms with van der Waals surface area (Å²) in [6, 6.07) is 11.0. The summed E-state index contributed by atoms with van der Waals surface area (Å²) in [5, 5.41) is 6.23. The number of halogens is 1. The fourth-order valence-electron chi connectivity index (χ4n) is 4.68. The summed E-state index contributed by atoms with van der Waals surface area (Å²) < 4.78 is 5.51. The van der Waals surface area contributed by atoms with Gasteiger partial charge in [-0.25, -0.2) is 4.79 Å². The van der Waals surface area contributed by atoms with Gasteiger partial charge in [-0.05, 0) is 68.9 Å². The lowest BCUT2D eigenvalue weighted by molar-refractivity contribution is -0.142. The van der Waals surface area contributed by atoms with Crippen LogP contribution in [0.15, 0.2) is 49.0 Å². The molecule has 0 aliphatic heterocycles. The monoisotopic (exact) mass is 597 g/mol. The van der Waals surface area contributed by atoms with E-state index in [4.69, 9.17) is 16.3 Å². The van der Waals surface area contributed by atoms with Crippen LogP contribution in [0, 0.1) is 12.8 Å². The maximum Gasteiger partial charge on any atom is 0.408 e. The number of nitrogens with zero attached hydrogens (tertiary/aromatic N) is 1. The molecule has 0 aromatic heterocycles. The number of carbonyl (C=O) groups excluding carboxylic acids is 3. The molecule has 0 radical (unpaired) electrons. The highest BCUT2D eigenvalue weighted by Crippen LogP contribution is 2.31. The first-order chi connectivity index (χ1) is 19.8. The molecule has 3 atom stereocenters. The first-order valence-electron chi connectivity index (χ1n) is 14.9. The zero-order valence-electron chi connectivity index (χ0n) is 26.3. The summed E-state index contributed by atoms with van der Waals surface area (Å²) in [5.41, 5.74) is 2.03. The number of alkyl carbamates (subject to hydrolysis) is 1. The van der Waals surface area contributed by atoms with Crippen molar-refractivity contribution in [2.75, 3.05) is 11.9 Å². The quantitative estimate of drug-likeness (QED) is 0.214. The van der Waals surface area contributed by atoms with Crippen LogP contribution in [-0.2, 0) is 14.3 Å². The van der Waals surface area contributed by atoms with Crippen molar-refractivity contribution >= 4 is 41.3 Å². The van der Waals surface area contributed by atoms with E-state index >= 15 is 0 Å². The minimum absolute atomic E-state index is 0.211. The molecule has 3 amide bonds. The lowest BCUT2D eigenvalue weighted by atomic mass is 9.95. The third kappa shape index (κ3) is 10.2. The van der Waals surface area contributed by atoms with Gasteiger partial charge in [0.2, 0.25) is 5.91 Å². The molecular formula is C34H48ClN3O4. The summed E-state index contributed by atoms with van der Waals surface area (Å²) >= 11 is 6.48. The summed E-state index contributed by atoms with van der Waals surface area (Å²) in [6.07, 6.45) is 5.31. The lowest BCUT2D eigenvalue weighted by Crippen LogP contribution is -2.55. The Labute approximate surface area is 257 Å². The second-order valence-electron chi connectivity index (χ2n) is 11.8. The van der Waals surface area contributed by atoms with Gasteiger partial charge in [0.05, 0.1) is 10.7 Å². The van der Waals surface area contributed by atoms with Gasteiger partial charge in [0.15, 0.2) is 0 Å². The van der Waals surface area contributed by atoms with Crippen molar-refractivity contribution in [3.05, 3.63) is 70.8 Å². The van der Waals surface area contributed by atoms with Crippen molar-refractivity contribution in [2.24, 2.45) is 5.92 Å². The minimum Gasteiger partial charge on any atom is -0.444 e. The normalized spacial score (nSPS) is 13.4. The Morgan fingerprint density at radius 1 is 1.07 bits per heavy atom. The summed E-state index contributed by atoms with van der Waals surface area (Å²) in [5.74, 6) is -0.944. The molecule has 0 fully saturated rings. The van der Waals surface area contributed by atoms with E-state index in [0.29, 0.717) is 35.7 Å². The van der Waals surface area contributed by atoms with Crippen molar-refractivity contribution in [1.82, 2.24) is 10.2 Å². The van der Waals surface area contributed by atoms with Gasteiger partial charge in [-0.2, -0.15) is 0 Å². The minimum atomic E-state index is -0.985. The van der Waals surface area contributed by atoms with E-state index < -0.39 is 29.7 Å². The Balaban J connectivity index is 2.64. The molecule has 0 aliphatic rings. The molecule has 0 bridgehead atoms. The molecule has 0 heterocycles. The maximum atomic E-state index is 14.5. The molecule has 0 spiro atoms. The second-order valence-corrected chi connectivity index (χ2v) is 12.2. The molecule has 8 heteroatoms. The third-order valence-electron chi connectivity index (χ3n) is 7.18. The van der Waals surface area contributed by atoms with Crippen LogP contribution < -0.4 is 10.6 Å². The van der Waals surface area contributed by atoms with Crippen LogP contribution in [0.4, 0.5) is 10.5 Å². The van der Waals surface area contributed by atoms with Gasteiger partial charge in [-0.1, -0.05) is 101 Å². The topological polar surface area (TPSA) is 87.7 Å². The number of carbonyl (C=O) groups is 3. The zero-order valence-corrected chi connectivity index (χ0v) is 27.0. The smallest absolute Gasteiger partial charge is 0.408 e. The summed E-state index contributed by atoms with van der Waals surface area (Å²) in [4.78, 5) is 43.2. The van der Waals surface area contributed by atoms with Gasteiger partial charge in [-0.3, -0.25) is 9.59 Å². The lowest BCUT2D eigenvalue weighted by Gasteiger charge is -2.36. The first-order valence-corrected chi connectivity index (χ1v) is 15.3. The van der Waals surface area contributed by atoms with Gasteiger partial charge >= 0.3 is 6.09 Å². The number of ether oxygens (including phenoxy) is 1. The molecule has 42 heavy (non-hydrogen) atoms. The van der Waals surface area contributed by atoms with Gasteiger partial charge in [0.25, 0.3) is 5.91 Å². The predicted octanol–water partition coefficient (Wildman–Crippen LogP) is 8.32. The van der Waals surface area contributed by atoms with E-state index in [1.54, 1.807) is 37.8 Å². The van der Waals surface area contributed by atoms with E-state index in [-0.39, 0.29) is 11.8 Å². The van der Waals surface area contributed by atoms with E-state index in [9.17, 15) is 14.4 Å². The highest BCUT2D eigenvalue weighted by Gasteiger charge is 2.38. The molecule has 7 nitrogen and oxygen atoms in total. The van der Waals surface area contributed by atoms with Crippen molar-refractivity contribution in [3.63, 3.8) is 0 Å². The van der Waals surface area contributed by atoms with Crippen molar-refractivity contribution < 1.29 is 19.1 Å². The fourth-order valence-corrected chi connectivity index (χ4v) is 4.95. The van der Waals surface area contributed by atoms with Crippen molar-refractivity contribution in [1.29, 1.82) is 0 Å². The molecule has 0 saturated heterocycles. The molecule has 0 saturated carbocycles. The number of rotatable bonds is 14. The Bertz CT molecular complexity index is 1200. The number of benzene rings is 2. The number of unbranched alkanes of at least 4 members (excludes halogenated alkanes) is 3. The molecule has 2 aromatic rings. The number of para-hydroxylation sites is 1. The average Bonchev–Trinajstić information content (AvgIpc) is 2.93. The van der Waals surface area contributed by atoms with E-state index in [2.05, 4.69) is 24.1 Å². The van der Waals surface area contributed by atoms with Crippen LogP contribution in [0.25, 0.3) is 6.08 Å². The highest BCUT2D eigenvalue weighted by molar-refractivity contribution is 6.34. The molecule has 2 rings (SSSR count). The molecule has 3 unspecified atom stereocenters. The van der Waals surface area contributed by atoms with Crippen molar-refractivity contribution in [2.45, 2.75) is 98.3 Å². The number of aryl methyl sites for hydroxylation is 1. The maximum absolute atomic E-state index is 14.5. The number of hydrogen-bond acceptors (Lipinski definition) is 4. The Morgan fingerprint density at radius 3 is 2.36 bits per heavy atom. The van der Waals surface area contributed by atoms with Crippen LogP contribution >= 0.6 is 11.6 Å². The molecular weight excluding hydrogens is 550 g/mol. The Kier molecular flexibility index (Phi) is 13.6. The zero-order chi connectivity index (χ0) is 31.4. The van der Waals surface area contributed by atoms with Crippen LogP contribution in [0.3, 0.4) is 0 Å². The number of amides is 3. The van der Waals surface area contributed by atoms with E-state index in [0.717, 1.165) is 30.4 Å². The first kappa shape index (κ1) is 34.9. The second kappa shape index (κ2) is 16.4. The average molecular weight is 598 g/mol. The van der Waals surface area contributed by atoms with Gasteiger partial charge < -0.3 is 20.3 Å². The SMILES string of the molecule is C=Cc1cccc(C(C(=O)Nc2c(C)cccc2Cl)N(CCCCCC)C(=O)C(NC(=O)OC(C)(C)C)C(C)CC)c1. The van der Waals surface area contributed by atoms with Crippen LogP contribution in [-0.4, -0.2) is 41.0 Å². The number of nitrogens with one attached hydrogen (secondary N) is 2. The van der Waals surface area contributed by atoms with Crippen molar-refractivity contribution in [3.8, 4) is 0 Å². The summed E-state index contributed by atoms with van der Waals surface area (Å²) in [6.45, 7) is 17.4. The standard InChI is InChI=1S/C34H48ClN3O4/c1-9-12-13-14-21-38(32(40)29(23(4)10-2)37-33(41)42-34(6,7)8)30(26-19-16-18-25(11-3)22-26)31(39)36-28-24(5)17-15-20-27(28)35/h11,15-20,22-23,29-30H,3,9-10,12-14,21H2,1-2,4-8H3,(H,36,39)(H,37,41). The fraction of sp³-hybridized carbons (Fsp3) is 0.500. The van der Waals surface area contributed by atoms with Crippen LogP contribution in [0.2, 0.25) is 5.02 Å². The third-order valence-corrected chi connectivity index (χ3v) is 7.49. The van der Waals surface area contributed by atoms with E-state index in [1.165, 1.54) is 0 Å². The number of hydrogen-bond donors (Lipinski definition) is 2. The largest absolute Gasteiger partial charge is 0.444 e. The Morgan fingerprint density at radius 2 is 1.76 bits per heavy atom.